The van der Waals surface area contributed by atoms with Gasteiger partial charge in [-0.15, -0.1) is 0 Å². The molecule has 0 spiro atoms. The van der Waals surface area contributed by atoms with Crippen LogP contribution in [0.25, 0.3) is 0 Å². The van der Waals surface area contributed by atoms with Crippen molar-refractivity contribution >= 4 is 11.6 Å². The fraction of sp³-hybridized carbons (Fsp3) is 0.700. The van der Waals surface area contributed by atoms with Gasteiger partial charge < -0.3 is 19.5 Å². The molecule has 0 amide bonds. The largest absolute Gasteiger partial charge is 0.492 e. The maximum Gasteiger partial charge on any atom is 0.226 e. The zero-order valence-corrected chi connectivity index (χ0v) is 15.9. The fourth-order valence-corrected chi connectivity index (χ4v) is 7.16. The highest BCUT2D eigenvalue weighted by Crippen LogP contribution is 2.54. The molecule has 5 fully saturated rings. The summed E-state index contributed by atoms with van der Waals surface area (Å²) < 4.78 is 17.7. The molecule has 0 aromatic heterocycles. The van der Waals surface area contributed by atoms with Crippen LogP contribution in [0.5, 0.6) is 0 Å². The van der Waals surface area contributed by atoms with Crippen molar-refractivity contribution in [1.82, 2.24) is 15.1 Å². The van der Waals surface area contributed by atoms with E-state index in [4.69, 9.17) is 14.2 Å². The maximum absolute atomic E-state index is 13.5. The lowest BCUT2D eigenvalue weighted by Crippen LogP contribution is -2.76. The molecule has 0 saturated carbocycles. The molecule has 7 rings (SSSR count). The minimum atomic E-state index is -0.165. The van der Waals surface area contributed by atoms with Gasteiger partial charge in [-0.2, -0.15) is 0 Å². The number of carbonyl (C=O) groups is 2. The van der Waals surface area contributed by atoms with E-state index in [1.54, 1.807) is 6.92 Å². The van der Waals surface area contributed by atoms with Gasteiger partial charge in [-0.3, -0.25) is 19.4 Å². The summed E-state index contributed by atoms with van der Waals surface area (Å²) in [6.45, 7) is 3.63. The molecule has 6 heterocycles. The lowest BCUT2D eigenvalue weighted by Gasteiger charge is -2.58. The normalized spacial score (nSPS) is 49.1. The number of methoxy groups -OCH3 is 1. The Morgan fingerprint density at radius 2 is 2.00 bits per heavy atom. The molecule has 3 unspecified atom stereocenters. The SMILES string of the molecule is COC1=C(C)C(=O)C2=C(C1=O)C1CO[C@@H]3C4CC5[C@@H](N4)[C@H]([C@@H]2N2CCO[C@H]52)N13. The van der Waals surface area contributed by atoms with Crippen LogP contribution in [-0.2, 0) is 23.8 Å². The molecule has 28 heavy (non-hydrogen) atoms. The molecule has 8 nitrogen and oxygen atoms in total. The van der Waals surface area contributed by atoms with Gasteiger partial charge in [0.2, 0.25) is 5.78 Å². The Hall–Kier alpha value is -1.58. The van der Waals surface area contributed by atoms with E-state index < -0.39 is 0 Å². The van der Waals surface area contributed by atoms with Gasteiger partial charge >= 0.3 is 0 Å². The highest BCUT2D eigenvalue weighted by molar-refractivity contribution is 6.25. The summed E-state index contributed by atoms with van der Waals surface area (Å²) in [5, 5.41) is 3.79. The summed E-state index contributed by atoms with van der Waals surface area (Å²) in [4.78, 5) is 31.7. The predicted molar refractivity (Wildman–Crippen MR) is 95.0 cm³/mol. The Labute approximate surface area is 162 Å². The number of hydrogen-bond acceptors (Lipinski definition) is 8. The van der Waals surface area contributed by atoms with E-state index in [9.17, 15) is 9.59 Å². The molecule has 8 heteroatoms. The summed E-state index contributed by atoms with van der Waals surface area (Å²) in [5.74, 6) is 0.383. The van der Waals surface area contributed by atoms with Gasteiger partial charge in [0, 0.05) is 47.3 Å². The molecule has 0 aromatic rings. The van der Waals surface area contributed by atoms with Crippen molar-refractivity contribution in [1.29, 1.82) is 0 Å². The van der Waals surface area contributed by atoms with Gasteiger partial charge in [-0.1, -0.05) is 0 Å². The molecule has 6 aliphatic heterocycles. The number of rotatable bonds is 1. The van der Waals surface area contributed by atoms with Gasteiger partial charge in [0.15, 0.2) is 11.5 Å². The maximum atomic E-state index is 13.5. The zero-order valence-electron chi connectivity index (χ0n) is 15.9. The van der Waals surface area contributed by atoms with E-state index in [1.165, 1.54) is 7.11 Å². The third-order valence-electron chi connectivity index (χ3n) is 8.04. The third kappa shape index (κ3) is 1.60. The molecular formula is C20H23N3O5. The molecule has 8 atom stereocenters. The first-order chi connectivity index (χ1) is 13.6. The average molecular weight is 385 g/mol. The first-order valence-electron chi connectivity index (χ1n) is 10.2. The fourth-order valence-electron chi connectivity index (χ4n) is 7.16. The number of hydrogen-bond donors (Lipinski definition) is 1. The first kappa shape index (κ1) is 16.2. The minimum absolute atomic E-state index is 0.00471. The summed E-state index contributed by atoms with van der Waals surface area (Å²) in [7, 11) is 1.47. The summed E-state index contributed by atoms with van der Waals surface area (Å²) in [6.07, 6.45) is 0.967. The van der Waals surface area contributed by atoms with Crippen molar-refractivity contribution in [3.8, 4) is 0 Å². The van der Waals surface area contributed by atoms with Gasteiger partial charge in [0.05, 0.1) is 32.4 Å². The number of ketones is 2. The molecule has 1 N–H and O–H groups in total. The van der Waals surface area contributed by atoms with Crippen molar-refractivity contribution in [2.75, 3.05) is 26.9 Å². The van der Waals surface area contributed by atoms with Crippen LogP contribution in [0.4, 0.5) is 0 Å². The van der Waals surface area contributed by atoms with Crippen molar-refractivity contribution in [3.05, 3.63) is 22.5 Å². The number of carbonyl (C=O) groups excluding carboxylic acids is 2. The predicted octanol–water partition coefficient (Wildman–Crippen LogP) is -0.835. The van der Waals surface area contributed by atoms with Crippen LogP contribution in [-0.4, -0.2) is 90.9 Å². The number of piperazine rings is 1. The topological polar surface area (TPSA) is 80.3 Å². The van der Waals surface area contributed by atoms with Crippen molar-refractivity contribution in [2.45, 2.75) is 56.0 Å². The molecule has 2 bridgehead atoms. The molecule has 148 valence electrons. The molecule has 7 aliphatic rings. The lowest BCUT2D eigenvalue weighted by atomic mass is 9.70. The van der Waals surface area contributed by atoms with E-state index in [2.05, 4.69) is 15.1 Å². The standard InChI is InChI=1S/C20H23N3O5/c1-7-16(24)12-11(17(25)18(7)26-2)10-6-28-20-9-5-8-13(21-9)15(23(10)20)14(12)22-3-4-27-19(8)22/h8-10,13-15,19-21H,3-6H2,1-2H3/t8?,9?,10?,13-,14-,15-,19-,20-/m1/s1. The van der Waals surface area contributed by atoms with E-state index >= 15 is 0 Å². The highest BCUT2D eigenvalue weighted by Gasteiger charge is 2.69. The number of allylic oxidation sites excluding steroid dienone is 2. The van der Waals surface area contributed by atoms with E-state index in [0.717, 1.165) is 13.0 Å². The average Bonchev–Trinajstić information content (AvgIpc) is 3.40. The van der Waals surface area contributed by atoms with Crippen LogP contribution in [0.15, 0.2) is 22.5 Å². The van der Waals surface area contributed by atoms with Crippen LogP contribution in [0.2, 0.25) is 0 Å². The van der Waals surface area contributed by atoms with Crippen molar-refractivity contribution in [2.24, 2.45) is 5.92 Å². The number of fused-ring (bicyclic) bond motifs is 7. The monoisotopic (exact) mass is 385 g/mol. The highest BCUT2D eigenvalue weighted by atomic mass is 16.5. The quantitative estimate of drug-likeness (QED) is 0.586. The van der Waals surface area contributed by atoms with E-state index in [1.807, 2.05) is 0 Å². The number of Topliss-reactive ketones (excluding diaryl/α,β-unsaturated/α-hetero) is 2. The second-order valence-electron chi connectivity index (χ2n) is 8.96. The first-order valence-corrected chi connectivity index (χ1v) is 10.2. The Morgan fingerprint density at radius 1 is 1.14 bits per heavy atom. The van der Waals surface area contributed by atoms with Crippen LogP contribution in [0.3, 0.4) is 0 Å². The van der Waals surface area contributed by atoms with E-state index in [-0.39, 0.29) is 60.0 Å². The van der Waals surface area contributed by atoms with Crippen molar-refractivity contribution in [3.63, 3.8) is 0 Å². The molecule has 0 radical (unpaired) electrons. The van der Waals surface area contributed by atoms with Crippen LogP contribution in [0, 0.1) is 5.92 Å². The number of nitrogens with zero attached hydrogens (tertiary/aromatic N) is 2. The molecule has 5 saturated heterocycles. The van der Waals surface area contributed by atoms with Gasteiger partial charge in [0.25, 0.3) is 0 Å². The molecule has 0 aromatic carbocycles. The van der Waals surface area contributed by atoms with Crippen molar-refractivity contribution < 1.29 is 23.8 Å². The number of nitrogens with one attached hydrogen (secondary N) is 1. The molecular weight excluding hydrogens is 362 g/mol. The number of ether oxygens (including phenoxy) is 3. The second-order valence-corrected chi connectivity index (χ2v) is 8.96. The van der Waals surface area contributed by atoms with Gasteiger partial charge in [0.1, 0.15) is 12.5 Å². The Morgan fingerprint density at radius 3 is 2.82 bits per heavy atom. The third-order valence-corrected chi connectivity index (χ3v) is 8.04. The van der Waals surface area contributed by atoms with Gasteiger partial charge in [-0.05, 0) is 13.3 Å². The second kappa shape index (κ2) is 5.12. The van der Waals surface area contributed by atoms with Crippen LogP contribution >= 0.6 is 0 Å². The van der Waals surface area contributed by atoms with E-state index in [0.29, 0.717) is 35.9 Å². The zero-order chi connectivity index (χ0) is 18.9. The summed E-state index contributed by atoms with van der Waals surface area (Å²) in [5.41, 5.74) is 1.68. The minimum Gasteiger partial charge on any atom is -0.492 e. The number of piperidine rings is 1. The van der Waals surface area contributed by atoms with Crippen LogP contribution in [0.1, 0.15) is 13.3 Å². The summed E-state index contributed by atoms with van der Waals surface area (Å²) in [6, 6.07) is 0.339. The molecule has 1 aliphatic carbocycles. The summed E-state index contributed by atoms with van der Waals surface area (Å²) >= 11 is 0. The smallest absolute Gasteiger partial charge is 0.226 e. The Kier molecular flexibility index (Phi) is 2.97. The van der Waals surface area contributed by atoms with Gasteiger partial charge in [-0.25, -0.2) is 0 Å². The lowest BCUT2D eigenvalue weighted by molar-refractivity contribution is -0.133. The Bertz CT molecular complexity index is 896. The Balaban J connectivity index is 1.48. The van der Waals surface area contributed by atoms with Crippen LogP contribution < -0.4 is 5.32 Å².